The van der Waals surface area contributed by atoms with Crippen LogP contribution in [0, 0.1) is 13.8 Å². The Labute approximate surface area is 92.0 Å². The van der Waals surface area contributed by atoms with Crippen LogP contribution in [0.4, 0.5) is 0 Å². The molecule has 0 amide bonds. The van der Waals surface area contributed by atoms with Crippen LogP contribution >= 0.6 is 11.8 Å². The summed E-state index contributed by atoms with van der Waals surface area (Å²) in [5, 5.41) is 7.82. The van der Waals surface area contributed by atoms with Gasteiger partial charge in [-0.3, -0.25) is 0 Å². The molecule has 0 aliphatic heterocycles. The van der Waals surface area contributed by atoms with Crippen LogP contribution < -0.4 is 0 Å². The summed E-state index contributed by atoms with van der Waals surface area (Å²) in [5.74, 6) is 3.37. The van der Waals surface area contributed by atoms with Gasteiger partial charge in [0.2, 0.25) is 0 Å². The summed E-state index contributed by atoms with van der Waals surface area (Å²) in [6.07, 6.45) is 0. The molecule has 2 rings (SSSR count). The molecule has 0 N–H and O–H groups in total. The van der Waals surface area contributed by atoms with Gasteiger partial charge in [0.25, 0.3) is 0 Å². The number of thioether (sulfide) groups is 1. The number of hydrogen-bond donors (Lipinski definition) is 0. The lowest BCUT2D eigenvalue weighted by Gasteiger charge is -1.93. The molecule has 0 radical (unpaired) electrons. The minimum absolute atomic E-state index is 0.837. The molecule has 80 valence electrons. The fraction of sp³-hybridized carbons (Fsp3) is 0.400. The molecule has 0 saturated carbocycles. The average molecular weight is 224 g/mol. The molecule has 0 saturated heterocycles. The highest BCUT2D eigenvalue weighted by Crippen LogP contribution is 2.17. The minimum atomic E-state index is 0.837. The normalized spacial score (nSPS) is 10.8. The van der Waals surface area contributed by atoms with Crippen LogP contribution in [0.5, 0.6) is 0 Å². The van der Waals surface area contributed by atoms with Gasteiger partial charge >= 0.3 is 0 Å². The van der Waals surface area contributed by atoms with Crippen molar-refractivity contribution in [1.29, 1.82) is 0 Å². The Morgan fingerprint density at radius 2 is 1.47 bits per heavy atom. The van der Waals surface area contributed by atoms with Gasteiger partial charge in [-0.2, -0.15) is 0 Å². The molecule has 0 bridgehead atoms. The van der Waals surface area contributed by atoms with E-state index in [1.807, 2.05) is 26.0 Å². The summed E-state index contributed by atoms with van der Waals surface area (Å²) in [6.45, 7) is 3.78. The summed E-state index contributed by atoms with van der Waals surface area (Å²) in [5.41, 5.74) is 1.94. The SMILES string of the molecule is Cc1cc(CSCc2cc(C)on2)no1. The van der Waals surface area contributed by atoms with Gasteiger partial charge in [0.05, 0.1) is 11.4 Å². The van der Waals surface area contributed by atoms with Crippen molar-refractivity contribution < 1.29 is 9.05 Å². The van der Waals surface area contributed by atoms with Gasteiger partial charge in [0.15, 0.2) is 0 Å². The fourth-order valence-corrected chi connectivity index (χ4v) is 2.02. The molecule has 0 aliphatic carbocycles. The topological polar surface area (TPSA) is 52.1 Å². The van der Waals surface area contributed by atoms with E-state index in [0.717, 1.165) is 34.4 Å². The van der Waals surface area contributed by atoms with Crippen LogP contribution in [0.15, 0.2) is 21.2 Å². The highest BCUT2D eigenvalue weighted by molar-refractivity contribution is 7.97. The molecule has 0 aromatic carbocycles. The number of aryl methyl sites for hydroxylation is 2. The van der Waals surface area contributed by atoms with E-state index < -0.39 is 0 Å². The first-order valence-corrected chi connectivity index (χ1v) is 5.81. The molecule has 0 spiro atoms. The Morgan fingerprint density at radius 3 is 1.80 bits per heavy atom. The van der Waals surface area contributed by atoms with Crippen molar-refractivity contribution in [1.82, 2.24) is 10.3 Å². The molecule has 0 unspecified atom stereocenters. The van der Waals surface area contributed by atoms with Crippen molar-refractivity contribution >= 4 is 11.8 Å². The Hall–Kier alpha value is -1.23. The zero-order chi connectivity index (χ0) is 10.7. The molecule has 15 heavy (non-hydrogen) atoms. The molecule has 2 aromatic heterocycles. The second-order valence-corrected chi connectivity index (χ2v) is 4.34. The zero-order valence-corrected chi connectivity index (χ0v) is 9.50. The predicted octanol–water partition coefficient (Wildman–Crippen LogP) is 2.71. The molecule has 0 atom stereocenters. The van der Waals surface area contributed by atoms with E-state index in [4.69, 9.17) is 9.05 Å². The maximum atomic E-state index is 4.97. The van der Waals surface area contributed by atoms with Crippen LogP contribution in [0.1, 0.15) is 22.9 Å². The van der Waals surface area contributed by atoms with E-state index in [2.05, 4.69) is 10.3 Å². The molecule has 2 heterocycles. The van der Waals surface area contributed by atoms with Crippen LogP contribution in [0.3, 0.4) is 0 Å². The lowest BCUT2D eigenvalue weighted by molar-refractivity contribution is 0.392. The first-order chi connectivity index (χ1) is 7.24. The molecule has 0 aliphatic rings. The Kier molecular flexibility index (Phi) is 3.11. The van der Waals surface area contributed by atoms with Gasteiger partial charge in [0, 0.05) is 23.6 Å². The third kappa shape index (κ3) is 2.86. The summed E-state index contributed by atoms with van der Waals surface area (Å²) < 4.78 is 9.95. The summed E-state index contributed by atoms with van der Waals surface area (Å²) >= 11 is 1.74. The van der Waals surface area contributed by atoms with Crippen molar-refractivity contribution in [3.63, 3.8) is 0 Å². The minimum Gasteiger partial charge on any atom is -0.361 e. The standard InChI is InChI=1S/C10H12N2O2S/c1-7-3-9(11-13-7)5-15-6-10-4-8(2)14-12-10/h3-4H,5-6H2,1-2H3. The van der Waals surface area contributed by atoms with E-state index in [0.29, 0.717) is 0 Å². The van der Waals surface area contributed by atoms with Crippen molar-refractivity contribution in [2.24, 2.45) is 0 Å². The van der Waals surface area contributed by atoms with Crippen LogP contribution in [-0.2, 0) is 11.5 Å². The first-order valence-electron chi connectivity index (χ1n) is 4.66. The molecular formula is C10H12N2O2S. The van der Waals surface area contributed by atoms with Crippen LogP contribution in [0.25, 0.3) is 0 Å². The quantitative estimate of drug-likeness (QED) is 0.799. The number of hydrogen-bond acceptors (Lipinski definition) is 5. The highest BCUT2D eigenvalue weighted by atomic mass is 32.2. The van der Waals surface area contributed by atoms with Gasteiger partial charge < -0.3 is 9.05 Å². The number of nitrogens with zero attached hydrogens (tertiary/aromatic N) is 2. The second kappa shape index (κ2) is 4.53. The lowest BCUT2D eigenvalue weighted by atomic mass is 10.4. The predicted molar refractivity (Wildman–Crippen MR) is 57.5 cm³/mol. The first kappa shape index (κ1) is 10.3. The Morgan fingerprint density at radius 1 is 1.00 bits per heavy atom. The third-order valence-electron chi connectivity index (χ3n) is 1.85. The molecule has 5 heteroatoms. The van der Waals surface area contributed by atoms with E-state index in [-0.39, 0.29) is 0 Å². The van der Waals surface area contributed by atoms with Crippen molar-refractivity contribution in [2.45, 2.75) is 25.4 Å². The summed E-state index contributed by atoms with van der Waals surface area (Å²) in [4.78, 5) is 0. The van der Waals surface area contributed by atoms with Crippen molar-refractivity contribution in [3.05, 3.63) is 35.0 Å². The average Bonchev–Trinajstić information content (AvgIpc) is 2.76. The summed E-state index contributed by atoms with van der Waals surface area (Å²) in [7, 11) is 0. The molecule has 0 fully saturated rings. The van der Waals surface area contributed by atoms with Gasteiger partial charge in [-0.15, -0.1) is 11.8 Å². The zero-order valence-electron chi connectivity index (χ0n) is 8.69. The summed E-state index contributed by atoms with van der Waals surface area (Å²) in [6, 6.07) is 3.89. The van der Waals surface area contributed by atoms with Crippen LogP contribution in [0.2, 0.25) is 0 Å². The smallest absolute Gasteiger partial charge is 0.133 e. The largest absolute Gasteiger partial charge is 0.361 e. The van der Waals surface area contributed by atoms with E-state index in [1.54, 1.807) is 11.8 Å². The van der Waals surface area contributed by atoms with E-state index >= 15 is 0 Å². The molecular weight excluding hydrogens is 212 g/mol. The second-order valence-electron chi connectivity index (χ2n) is 3.35. The number of rotatable bonds is 4. The third-order valence-corrected chi connectivity index (χ3v) is 2.85. The van der Waals surface area contributed by atoms with Crippen molar-refractivity contribution in [2.75, 3.05) is 0 Å². The number of aromatic nitrogens is 2. The Balaban J connectivity index is 1.80. The van der Waals surface area contributed by atoms with Crippen molar-refractivity contribution in [3.8, 4) is 0 Å². The fourth-order valence-electron chi connectivity index (χ4n) is 1.23. The maximum Gasteiger partial charge on any atom is 0.133 e. The van der Waals surface area contributed by atoms with E-state index in [1.165, 1.54) is 0 Å². The van der Waals surface area contributed by atoms with Gasteiger partial charge in [-0.05, 0) is 13.8 Å². The highest BCUT2D eigenvalue weighted by Gasteiger charge is 2.03. The van der Waals surface area contributed by atoms with Gasteiger partial charge in [0.1, 0.15) is 11.5 Å². The van der Waals surface area contributed by atoms with Crippen LogP contribution in [-0.4, -0.2) is 10.3 Å². The van der Waals surface area contributed by atoms with Gasteiger partial charge in [-0.1, -0.05) is 10.3 Å². The van der Waals surface area contributed by atoms with E-state index in [9.17, 15) is 0 Å². The lowest BCUT2D eigenvalue weighted by Crippen LogP contribution is -1.82. The molecule has 4 nitrogen and oxygen atoms in total. The maximum absolute atomic E-state index is 4.97. The molecule has 2 aromatic rings. The monoisotopic (exact) mass is 224 g/mol. The Bertz CT molecular complexity index is 396. The van der Waals surface area contributed by atoms with Gasteiger partial charge in [-0.25, -0.2) is 0 Å².